The van der Waals surface area contributed by atoms with Crippen molar-refractivity contribution in [1.29, 1.82) is 0 Å². The average Bonchev–Trinajstić information content (AvgIpc) is 3.51. The summed E-state index contributed by atoms with van der Waals surface area (Å²) in [6.07, 6.45) is 6.18. The molecule has 1 nitrogen and oxygen atoms in total. The van der Waals surface area contributed by atoms with Gasteiger partial charge in [-0.1, -0.05) is 62.1 Å². The van der Waals surface area contributed by atoms with Gasteiger partial charge in [-0.25, -0.2) is 4.21 Å². The third-order valence-electron chi connectivity index (χ3n) is 9.13. The SMILES string of the molecule is CCCCC1=c2c(c3cc4c(C)cc(C)cc(C)c-4c3c3c4c(C)cc(C)cc(C)c-4cc23)=C(CCCC)S1=O. The summed E-state index contributed by atoms with van der Waals surface area (Å²) in [6.45, 7) is 18.0. The van der Waals surface area contributed by atoms with E-state index in [0.29, 0.717) is 0 Å². The highest BCUT2D eigenvalue weighted by atomic mass is 32.2. The predicted molar refractivity (Wildman–Crippen MR) is 176 cm³/mol. The summed E-state index contributed by atoms with van der Waals surface area (Å²) in [5, 5.41) is 7.94. The molecule has 0 amide bonds. The van der Waals surface area contributed by atoms with Gasteiger partial charge < -0.3 is 0 Å². The van der Waals surface area contributed by atoms with Crippen LogP contribution in [-0.4, -0.2) is 4.21 Å². The number of aryl methyl sites for hydroxylation is 6. The molecule has 1 aliphatic heterocycles. The number of benzene rings is 1. The zero-order valence-corrected chi connectivity index (χ0v) is 26.3. The van der Waals surface area contributed by atoms with Gasteiger partial charge in [0.25, 0.3) is 0 Å². The number of rotatable bonds is 6. The lowest BCUT2D eigenvalue weighted by atomic mass is 9.94. The van der Waals surface area contributed by atoms with Crippen molar-refractivity contribution in [1.82, 2.24) is 0 Å². The van der Waals surface area contributed by atoms with Gasteiger partial charge in [-0.15, -0.1) is 0 Å². The van der Waals surface area contributed by atoms with Crippen LogP contribution in [0.15, 0.2) is 36.4 Å². The molecule has 0 saturated carbocycles. The lowest BCUT2D eigenvalue weighted by molar-refractivity contribution is 0.691. The first-order valence-corrected chi connectivity index (χ1v) is 16.3. The van der Waals surface area contributed by atoms with Crippen LogP contribution >= 0.6 is 0 Å². The van der Waals surface area contributed by atoms with Gasteiger partial charge in [-0.3, -0.25) is 0 Å². The lowest BCUT2D eigenvalue weighted by Gasteiger charge is -2.08. The van der Waals surface area contributed by atoms with Crippen molar-refractivity contribution in [3.63, 3.8) is 0 Å². The molecule has 0 unspecified atom stereocenters. The van der Waals surface area contributed by atoms with E-state index in [1.807, 2.05) is 0 Å². The Kier molecular flexibility index (Phi) is 6.90. The molecule has 2 heteroatoms. The molecule has 0 atom stereocenters. The molecule has 1 aromatic carbocycles. The first-order chi connectivity index (χ1) is 19.2. The van der Waals surface area contributed by atoms with Crippen LogP contribution in [-0.2, 0) is 10.8 Å². The van der Waals surface area contributed by atoms with Gasteiger partial charge >= 0.3 is 0 Å². The number of hydrogen-bond acceptors (Lipinski definition) is 1. The molecular weight excluding hydrogens is 504 g/mol. The quantitative estimate of drug-likeness (QED) is 0.207. The van der Waals surface area contributed by atoms with E-state index in [1.54, 1.807) is 0 Å². The van der Waals surface area contributed by atoms with Gasteiger partial charge in [0, 0.05) is 20.2 Å². The molecule has 40 heavy (non-hydrogen) atoms. The molecule has 0 radical (unpaired) electrons. The summed E-state index contributed by atoms with van der Waals surface area (Å²) in [5.74, 6) is 0. The van der Waals surface area contributed by atoms with Gasteiger partial charge in [0.1, 0.15) is 0 Å². The van der Waals surface area contributed by atoms with Crippen molar-refractivity contribution in [3.05, 3.63) is 80.2 Å². The predicted octanol–water partition coefficient (Wildman–Crippen LogP) is 9.41. The highest BCUT2D eigenvalue weighted by molar-refractivity contribution is 8.02. The monoisotopic (exact) mass is 546 g/mol. The van der Waals surface area contributed by atoms with Crippen LogP contribution in [0, 0.1) is 41.5 Å². The molecule has 1 aromatic rings. The van der Waals surface area contributed by atoms with E-state index < -0.39 is 10.8 Å². The second kappa shape index (κ2) is 10.1. The molecule has 6 rings (SSSR count). The van der Waals surface area contributed by atoms with E-state index in [0.717, 1.165) is 38.5 Å². The Morgan fingerprint density at radius 1 is 0.550 bits per heavy atom. The number of unbranched alkanes of at least 4 members (excludes halogenated alkanes) is 2. The Balaban J connectivity index is 2.01. The maximum atomic E-state index is 14.4. The Hall–Kier alpha value is -2.97. The van der Waals surface area contributed by atoms with Gasteiger partial charge in [0.2, 0.25) is 0 Å². The van der Waals surface area contributed by atoms with Crippen LogP contribution in [0.5, 0.6) is 0 Å². The lowest BCUT2D eigenvalue weighted by Crippen LogP contribution is -2.26. The first-order valence-electron chi connectivity index (χ1n) is 15.2. The summed E-state index contributed by atoms with van der Waals surface area (Å²) in [4.78, 5) is 2.34. The Morgan fingerprint density at radius 2 is 0.925 bits per heavy atom. The van der Waals surface area contributed by atoms with Crippen LogP contribution in [0.25, 0.3) is 53.6 Å². The highest BCUT2D eigenvalue weighted by Crippen LogP contribution is 2.47. The summed E-state index contributed by atoms with van der Waals surface area (Å²) in [5.41, 5.74) is 13.3. The van der Waals surface area contributed by atoms with Crippen molar-refractivity contribution in [2.24, 2.45) is 0 Å². The van der Waals surface area contributed by atoms with Crippen LogP contribution in [0.2, 0.25) is 0 Å². The highest BCUT2D eigenvalue weighted by Gasteiger charge is 2.30. The minimum absolute atomic E-state index is 0.908. The second-order valence-electron chi connectivity index (χ2n) is 12.3. The fourth-order valence-corrected chi connectivity index (χ4v) is 9.26. The molecule has 0 fully saturated rings. The van der Waals surface area contributed by atoms with Crippen LogP contribution in [0.4, 0.5) is 0 Å². The summed E-state index contributed by atoms with van der Waals surface area (Å²) in [7, 11) is -1.07. The molecule has 0 bridgehead atoms. The largest absolute Gasteiger partial charge is 0.250 e. The molecule has 0 spiro atoms. The second-order valence-corrected chi connectivity index (χ2v) is 13.8. The van der Waals surface area contributed by atoms with Gasteiger partial charge in [-0.2, -0.15) is 0 Å². The van der Waals surface area contributed by atoms with E-state index in [9.17, 15) is 4.21 Å². The maximum Gasteiger partial charge on any atom is 0.0780 e. The van der Waals surface area contributed by atoms with E-state index in [2.05, 4.69) is 91.8 Å². The molecule has 0 saturated heterocycles. The maximum absolute atomic E-state index is 14.4. The van der Waals surface area contributed by atoms with Gasteiger partial charge in [0.15, 0.2) is 0 Å². The van der Waals surface area contributed by atoms with Crippen LogP contribution in [0.1, 0.15) is 85.8 Å². The average molecular weight is 547 g/mol. The minimum Gasteiger partial charge on any atom is -0.250 e. The molecule has 5 aliphatic rings. The summed E-state index contributed by atoms with van der Waals surface area (Å²) in [6, 6.07) is 14.2. The molecular formula is C38H42OS. The third-order valence-corrected chi connectivity index (χ3v) is 10.8. The molecule has 0 N–H and O–H groups in total. The first kappa shape index (κ1) is 27.2. The standard InChI is InChI=1S/C38H42OS/c1-9-11-13-31-35-29-19-27-23(5)15-21(3)17-25(7)33(27)37(29)38-30(36(35)32(40(31)39)14-12-10-2)20-28-24(6)16-22(4)18-26(8)34(28)38/h15-20H,9-14H2,1-8H3. The number of hydrogen-bond donors (Lipinski definition) is 0. The topological polar surface area (TPSA) is 17.1 Å². The smallest absolute Gasteiger partial charge is 0.0780 e. The third kappa shape index (κ3) is 3.97. The zero-order valence-electron chi connectivity index (χ0n) is 25.5. The molecule has 4 aliphatic carbocycles. The van der Waals surface area contributed by atoms with Crippen molar-refractivity contribution in [2.75, 3.05) is 0 Å². The Labute approximate surface area is 242 Å². The molecule has 0 aromatic heterocycles. The Morgan fingerprint density at radius 3 is 1.30 bits per heavy atom. The normalized spacial score (nSPS) is 14.0. The fourth-order valence-electron chi connectivity index (χ4n) is 7.51. The minimum atomic E-state index is -1.07. The molecule has 206 valence electrons. The van der Waals surface area contributed by atoms with Crippen molar-refractivity contribution < 1.29 is 4.21 Å². The van der Waals surface area contributed by atoms with E-state index >= 15 is 0 Å². The van der Waals surface area contributed by atoms with E-state index in [-0.39, 0.29) is 0 Å². The summed E-state index contributed by atoms with van der Waals surface area (Å²) < 4.78 is 14.4. The fraction of sp³-hybridized carbons (Fsp3) is 0.368. The van der Waals surface area contributed by atoms with E-state index in [4.69, 9.17) is 0 Å². The zero-order chi connectivity index (χ0) is 28.5. The van der Waals surface area contributed by atoms with Crippen LogP contribution < -0.4 is 10.4 Å². The van der Waals surface area contributed by atoms with Crippen molar-refractivity contribution in [3.8, 4) is 22.3 Å². The van der Waals surface area contributed by atoms with Crippen LogP contribution in [0.3, 0.4) is 0 Å². The van der Waals surface area contributed by atoms with E-state index in [1.165, 1.54) is 97.4 Å². The van der Waals surface area contributed by atoms with Gasteiger partial charge in [-0.05, 0) is 145 Å². The van der Waals surface area contributed by atoms with Crippen molar-refractivity contribution in [2.45, 2.75) is 93.9 Å². The molecule has 1 heterocycles. The van der Waals surface area contributed by atoms with Gasteiger partial charge in [0.05, 0.1) is 10.8 Å². The van der Waals surface area contributed by atoms with Crippen molar-refractivity contribution >= 4 is 42.2 Å². The number of fused-ring (bicyclic) bond motifs is 10. The Bertz CT molecular complexity index is 1800. The summed E-state index contributed by atoms with van der Waals surface area (Å²) >= 11 is 0.